The van der Waals surface area contributed by atoms with Gasteiger partial charge in [-0.25, -0.2) is 9.50 Å². The molecular weight excluding hydrogens is 248 g/mol. The molecule has 0 aliphatic heterocycles. The molecule has 20 heavy (non-hydrogen) atoms. The van der Waals surface area contributed by atoms with Gasteiger partial charge in [-0.3, -0.25) is 0 Å². The zero-order chi connectivity index (χ0) is 14.1. The standard InChI is InChI=1S/C16H18N4/c1-11-3-4-13(9-12(11)2)15-5-6-16-18-14(7-8-17)10-20(16)19-15/h3-6,9-10H,7-8,17H2,1-2H3. The van der Waals surface area contributed by atoms with Gasteiger partial charge < -0.3 is 5.73 Å². The van der Waals surface area contributed by atoms with Crippen LogP contribution in [0.5, 0.6) is 0 Å². The lowest BCUT2D eigenvalue weighted by molar-refractivity contribution is 0.917. The highest BCUT2D eigenvalue weighted by atomic mass is 15.2. The predicted octanol–water partition coefficient (Wildman–Crippen LogP) is 2.51. The van der Waals surface area contributed by atoms with Crippen molar-refractivity contribution in [3.8, 4) is 11.3 Å². The van der Waals surface area contributed by atoms with E-state index in [1.165, 1.54) is 11.1 Å². The van der Waals surface area contributed by atoms with E-state index < -0.39 is 0 Å². The van der Waals surface area contributed by atoms with Crippen molar-refractivity contribution in [3.05, 3.63) is 53.3 Å². The Kier molecular flexibility index (Phi) is 3.24. The third-order valence-corrected chi connectivity index (χ3v) is 3.57. The Morgan fingerprint density at radius 2 is 1.95 bits per heavy atom. The highest BCUT2D eigenvalue weighted by Crippen LogP contribution is 2.20. The number of imidazole rings is 1. The molecule has 0 saturated heterocycles. The molecule has 0 fully saturated rings. The number of benzene rings is 1. The monoisotopic (exact) mass is 266 g/mol. The highest BCUT2D eigenvalue weighted by molar-refractivity contribution is 5.62. The van der Waals surface area contributed by atoms with Crippen LogP contribution in [0.25, 0.3) is 16.9 Å². The molecule has 102 valence electrons. The van der Waals surface area contributed by atoms with E-state index in [-0.39, 0.29) is 0 Å². The van der Waals surface area contributed by atoms with Gasteiger partial charge in [0.15, 0.2) is 5.65 Å². The molecule has 3 rings (SSSR count). The average molecular weight is 266 g/mol. The largest absolute Gasteiger partial charge is 0.330 e. The molecule has 2 heterocycles. The Labute approximate surface area is 118 Å². The van der Waals surface area contributed by atoms with Gasteiger partial charge in [-0.1, -0.05) is 12.1 Å². The maximum atomic E-state index is 5.56. The Morgan fingerprint density at radius 1 is 1.10 bits per heavy atom. The summed E-state index contributed by atoms with van der Waals surface area (Å²) < 4.78 is 1.83. The second-order valence-electron chi connectivity index (χ2n) is 5.09. The molecule has 4 heteroatoms. The molecule has 2 aromatic heterocycles. The topological polar surface area (TPSA) is 56.2 Å². The first-order valence-corrected chi connectivity index (χ1v) is 6.80. The molecule has 0 aliphatic rings. The number of rotatable bonds is 3. The molecular formula is C16H18N4. The summed E-state index contributed by atoms with van der Waals surface area (Å²) in [5, 5.41) is 4.63. The number of fused-ring (bicyclic) bond motifs is 1. The SMILES string of the molecule is Cc1ccc(-c2ccc3nc(CCN)cn3n2)cc1C. The molecule has 0 unspecified atom stereocenters. The van der Waals surface area contributed by atoms with Gasteiger partial charge in [0.05, 0.1) is 17.6 Å². The van der Waals surface area contributed by atoms with Crippen LogP contribution >= 0.6 is 0 Å². The summed E-state index contributed by atoms with van der Waals surface area (Å²) in [7, 11) is 0. The number of nitrogens with zero attached hydrogens (tertiary/aromatic N) is 3. The molecule has 0 radical (unpaired) electrons. The van der Waals surface area contributed by atoms with Gasteiger partial charge in [0, 0.05) is 12.0 Å². The van der Waals surface area contributed by atoms with E-state index in [1.54, 1.807) is 0 Å². The Balaban J connectivity index is 2.05. The summed E-state index contributed by atoms with van der Waals surface area (Å²) in [6.45, 7) is 4.84. The van der Waals surface area contributed by atoms with Crippen LogP contribution in [0.15, 0.2) is 36.5 Å². The Morgan fingerprint density at radius 3 is 2.70 bits per heavy atom. The van der Waals surface area contributed by atoms with Crippen LogP contribution in [0.1, 0.15) is 16.8 Å². The first-order chi connectivity index (χ1) is 9.67. The third-order valence-electron chi connectivity index (χ3n) is 3.57. The molecule has 0 atom stereocenters. The van der Waals surface area contributed by atoms with Gasteiger partial charge in [0.1, 0.15) is 0 Å². The van der Waals surface area contributed by atoms with Gasteiger partial charge in [0.25, 0.3) is 0 Å². The van der Waals surface area contributed by atoms with E-state index in [0.29, 0.717) is 6.54 Å². The lowest BCUT2D eigenvalue weighted by Crippen LogP contribution is -2.02. The quantitative estimate of drug-likeness (QED) is 0.792. The van der Waals surface area contributed by atoms with Crippen LogP contribution in [-0.2, 0) is 6.42 Å². The van der Waals surface area contributed by atoms with Crippen LogP contribution < -0.4 is 5.73 Å². The summed E-state index contributed by atoms with van der Waals surface area (Å²) >= 11 is 0. The van der Waals surface area contributed by atoms with Gasteiger partial charge in [0.2, 0.25) is 0 Å². The number of hydrogen-bond acceptors (Lipinski definition) is 3. The zero-order valence-corrected chi connectivity index (χ0v) is 11.8. The molecule has 0 amide bonds. The second kappa shape index (κ2) is 5.06. The third kappa shape index (κ3) is 2.30. The lowest BCUT2D eigenvalue weighted by atomic mass is 10.0. The molecule has 0 aliphatic carbocycles. The van der Waals surface area contributed by atoms with Crippen molar-refractivity contribution in [2.75, 3.05) is 6.54 Å². The van der Waals surface area contributed by atoms with Crippen molar-refractivity contribution in [3.63, 3.8) is 0 Å². The fourth-order valence-corrected chi connectivity index (χ4v) is 2.25. The van der Waals surface area contributed by atoms with Crippen molar-refractivity contribution in [2.24, 2.45) is 5.73 Å². The van der Waals surface area contributed by atoms with Gasteiger partial charge in [-0.15, -0.1) is 0 Å². The van der Waals surface area contributed by atoms with Gasteiger partial charge in [-0.2, -0.15) is 5.10 Å². The Hall–Kier alpha value is -2.20. The van der Waals surface area contributed by atoms with E-state index in [0.717, 1.165) is 29.0 Å². The predicted molar refractivity (Wildman–Crippen MR) is 80.7 cm³/mol. The number of aromatic nitrogens is 3. The van der Waals surface area contributed by atoms with Gasteiger partial charge in [-0.05, 0) is 49.7 Å². The van der Waals surface area contributed by atoms with Gasteiger partial charge >= 0.3 is 0 Å². The zero-order valence-electron chi connectivity index (χ0n) is 11.8. The summed E-state index contributed by atoms with van der Waals surface area (Å²) in [5.41, 5.74) is 12.1. The second-order valence-corrected chi connectivity index (χ2v) is 5.09. The molecule has 2 N–H and O–H groups in total. The van der Waals surface area contributed by atoms with E-state index in [9.17, 15) is 0 Å². The average Bonchev–Trinajstić information content (AvgIpc) is 2.83. The van der Waals surface area contributed by atoms with Crippen LogP contribution in [0, 0.1) is 13.8 Å². The summed E-state index contributed by atoms with van der Waals surface area (Å²) in [4.78, 5) is 4.49. The van der Waals surface area contributed by atoms with Crippen LogP contribution in [0.3, 0.4) is 0 Å². The van der Waals surface area contributed by atoms with Crippen molar-refractivity contribution in [1.29, 1.82) is 0 Å². The fourth-order valence-electron chi connectivity index (χ4n) is 2.25. The summed E-state index contributed by atoms with van der Waals surface area (Å²) in [5.74, 6) is 0. The van der Waals surface area contributed by atoms with Crippen LogP contribution in [0.2, 0.25) is 0 Å². The number of nitrogens with two attached hydrogens (primary N) is 1. The molecule has 4 nitrogen and oxygen atoms in total. The smallest absolute Gasteiger partial charge is 0.153 e. The Bertz CT molecular complexity index is 758. The summed E-state index contributed by atoms with van der Waals surface area (Å²) in [6, 6.07) is 10.4. The molecule has 0 spiro atoms. The first-order valence-electron chi connectivity index (χ1n) is 6.80. The number of aryl methyl sites for hydroxylation is 2. The van der Waals surface area contributed by atoms with E-state index in [1.807, 2.05) is 22.8 Å². The minimum absolute atomic E-state index is 0.605. The lowest BCUT2D eigenvalue weighted by Gasteiger charge is -2.05. The minimum Gasteiger partial charge on any atom is -0.330 e. The maximum absolute atomic E-state index is 5.56. The van der Waals surface area contributed by atoms with Crippen molar-refractivity contribution >= 4 is 5.65 Å². The summed E-state index contributed by atoms with van der Waals surface area (Å²) in [6.07, 6.45) is 2.73. The van der Waals surface area contributed by atoms with Crippen molar-refractivity contribution in [2.45, 2.75) is 20.3 Å². The van der Waals surface area contributed by atoms with E-state index in [4.69, 9.17) is 5.73 Å². The molecule has 1 aromatic carbocycles. The minimum atomic E-state index is 0.605. The molecule has 0 bridgehead atoms. The molecule has 0 saturated carbocycles. The maximum Gasteiger partial charge on any atom is 0.153 e. The van der Waals surface area contributed by atoms with E-state index >= 15 is 0 Å². The van der Waals surface area contributed by atoms with E-state index in [2.05, 4.69) is 42.1 Å². The van der Waals surface area contributed by atoms with Crippen LogP contribution in [-0.4, -0.2) is 21.1 Å². The highest BCUT2D eigenvalue weighted by Gasteiger charge is 2.05. The molecule has 3 aromatic rings. The number of hydrogen-bond donors (Lipinski definition) is 1. The normalized spacial score (nSPS) is 11.2. The van der Waals surface area contributed by atoms with Crippen molar-refractivity contribution < 1.29 is 0 Å². The van der Waals surface area contributed by atoms with Crippen molar-refractivity contribution in [1.82, 2.24) is 14.6 Å². The first kappa shape index (κ1) is 12.8. The van der Waals surface area contributed by atoms with Crippen LogP contribution in [0.4, 0.5) is 0 Å². The fraction of sp³-hybridized carbons (Fsp3) is 0.250.